The number of nitrogens with one attached hydrogen (secondary N) is 1. The van der Waals surface area contributed by atoms with E-state index in [1.807, 2.05) is 13.8 Å². The molecule has 0 unspecified atom stereocenters. The van der Waals surface area contributed by atoms with Gasteiger partial charge in [0.25, 0.3) is 5.91 Å². The summed E-state index contributed by atoms with van der Waals surface area (Å²) < 4.78 is 11.9. The molecule has 0 fully saturated rings. The first-order valence-corrected chi connectivity index (χ1v) is 8.29. The van der Waals surface area contributed by atoms with Crippen LogP contribution in [0.2, 0.25) is 0 Å². The van der Waals surface area contributed by atoms with E-state index in [4.69, 9.17) is 9.15 Å². The lowest BCUT2D eigenvalue weighted by atomic mass is 10.0. The molecule has 9 heteroatoms. The fraction of sp³-hybridized carbons (Fsp3) is 0.562. The zero-order valence-electron chi connectivity index (χ0n) is 14.6. The summed E-state index contributed by atoms with van der Waals surface area (Å²) in [5.74, 6) is -0.542. The van der Waals surface area contributed by atoms with Crippen LogP contribution in [-0.2, 0) is 22.7 Å². The Bertz CT molecular complexity index is 681. The van der Waals surface area contributed by atoms with E-state index in [1.54, 1.807) is 10.7 Å². The van der Waals surface area contributed by atoms with Crippen molar-refractivity contribution < 1.29 is 18.7 Å². The molecule has 0 saturated carbocycles. The topological polar surface area (TPSA) is 112 Å². The zero-order valence-corrected chi connectivity index (χ0v) is 14.6. The van der Waals surface area contributed by atoms with Crippen molar-refractivity contribution in [2.45, 2.75) is 52.8 Å². The minimum atomic E-state index is -0.794. The molecule has 1 amide bonds. The quantitative estimate of drug-likeness (QED) is 0.684. The van der Waals surface area contributed by atoms with Crippen molar-refractivity contribution in [2.75, 3.05) is 0 Å². The van der Waals surface area contributed by atoms with Gasteiger partial charge < -0.3 is 14.5 Å². The number of ether oxygens (including phenoxy) is 1. The molecule has 0 bridgehead atoms. The molecule has 2 aromatic rings. The average Bonchev–Trinajstić information content (AvgIpc) is 3.26. The molecule has 0 saturated heterocycles. The number of aromatic nitrogens is 4. The zero-order chi connectivity index (χ0) is 18.2. The van der Waals surface area contributed by atoms with Gasteiger partial charge >= 0.3 is 5.97 Å². The molecule has 0 spiro atoms. The van der Waals surface area contributed by atoms with Crippen LogP contribution < -0.4 is 5.32 Å². The first-order valence-electron chi connectivity index (χ1n) is 8.29. The van der Waals surface area contributed by atoms with Gasteiger partial charge in [0.15, 0.2) is 18.2 Å². The molecule has 2 rings (SSSR count). The monoisotopic (exact) mass is 349 g/mol. The number of carbonyl (C=O) groups excluding carboxylic acids is 2. The number of aryl methyl sites for hydroxylation is 1. The normalized spacial score (nSPS) is 12.2. The van der Waals surface area contributed by atoms with Gasteiger partial charge in [-0.15, -0.1) is 5.10 Å². The molecule has 0 aliphatic carbocycles. The predicted molar refractivity (Wildman–Crippen MR) is 87.3 cm³/mol. The van der Waals surface area contributed by atoms with Crippen LogP contribution in [0.4, 0.5) is 0 Å². The van der Waals surface area contributed by atoms with E-state index in [1.165, 1.54) is 12.3 Å². The molecular weight excluding hydrogens is 326 g/mol. The van der Waals surface area contributed by atoms with E-state index < -0.39 is 17.9 Å². The smallest absolute Gasteiger partial charge is 0.329 e. The van der Waals surface area contributed by atoms with Crippen LogP contribution in [0.25, 0.3) is 0 Å². The Balaban J connectivity index is 1.94. The van der Waals surface area contributed by atoms with Crippen molar-refractivity contribution in [2.24, 2.45) is 5.92 Å². The highest BCUT2D eigenvalue weighted by molar-refractivity contribution is 5.94. The van der Waals surface area contributed by atoms with Crippen molar-refractivity contribution in [3.63, 3.8) is 0 Å². The Hall–Kier alpha value is -2.71. The maximum absolute atomic E-state index is 12.4. The third kappa shape index (κ3) is 5.13. The number of carbonyl (C=O) groups is 2. The Labute approximate surface area is 145 Å². The Morgan fingerprint density at radius 3 is 2.84 bits per heavy atom. The molecule has 1 atom stereocenters. The molecule has 0 aliphatic heterocycles. The third-order valence-electron chi connectivity index (χ3n) is 3.63. The van der Waals surface area contributed by atoms with Gasteiger partial charge in [0.05, 0.1) is 6.26 Å². The maximum atomic E-state index is 12.4. The Morgan fingerprint density at radius 2 is 2.20 bits per heavy atom. The molecular formula is C16H23N5O4. The summed E-state index contributed by atoms with van der Waals surface area (Å²) in [5.41, 5.74) is 0. The number of esters is 1. The predicted octanol–water partition coefficient (Wildman–Crippen LogP) is 1.56. The number of unbranched alkanes of at least 4 members (excludes halogenated alkanes) is 1. The second-order valence-corrected chi connectivity index (χ2v) is 5.95. The van der Waals surface area contributed by atoms with Crippen LogP contribution in [0, 0.1) is 5.92 Å². The SMILES string of the molecule is CCCCn1nnnc1COC(=O)[C@@H](NC(=O)c1ccco1)C(C)C. The van der Waals surface area contributed by atoms with Crippen molar-refractivity contribution in [1.82, 2.24) is 25.5 Å². The molecule has 2 aromatic heterocycles. The first kappa shape index (κ1) is 18.6. The van der Waals surface area contributed by atoms with E-state index in [0.29, 0.717) is 12.4 Å². The molecule has 0 aliphatic rings. The summed E-state index contributed by atoms with van der Waals surface area (Å²) in [6.45, 7) is 6.33. The number of nitrogens with zero attached hydrogens (tertiary/aromatic N) is 4. The van der Waals surface area contributed by atoms with Crippen LogP contribution in [-0.4, -0.2) is 38.1 Å². The highest BCUT2D eigenvalue weighted by Gasteiger charge is 2.27. The standard InChI is InChI=1S/C16H23N5O4/c1-4-5-8-21-13(18-19-20-21)10-25-16(23)14(11(2)3)17-15(22)12-7-6-9-24-12/h6-7,9,11,14H,4-5,8,10H2,1-3H3,(H,17,22)/t14-/m0/s1. The molecule has 0 aromatic carbocycles. The number of rotatable bonds is 9. The van der Waals surface area contributed by atoms with E-state index in [0.717, 1.165) is 12.8 Å². The Kier molecular flexibility index (Phi) is 6.67. The number of furan rings is 1. The van der Waals surface area contributed by atoms with Gasteiger partial charge in [-0.25, -0.2) is 9.48 Å². The van der Waals surface area contributed by atoms with E-state index in [2.05, 4.69) is 27.8 Å². The minimum absolute atomic E-state index is 0.0462. The number of amides is 1. The van der Waals surface area contributed by atoms with Crippen LogP contribution >= 0.6 is 0 Å². The average molecular weight is 349 g/mol. The summed E-state index contributed by atoms with van der Waals surface area (Å²) in [4.78, 5) is 24.4. The number of tetrazole rings is 1. The summed E-state index contributed by atoms with van der Waals surface area (Å²) in [7, 11) is 0. The lowest BCUT2D eigenvalue weighted by molar-refractivity contribution is -0.148. The van der Waals surface area contributed by atoms with Crippen molar-refractivity contribution >= 4 is 11.9 Å². The van der Waals surface area contributed by atoms with Crippen molar-refractivity contribution in [3.8, 4) is 0 Å². The molecule has 1 N–H and O–H groups in total. The van der Waals surface area contributed by atoms with Crippen LogP contribution in [0.5, 0.6) is 0 Å². The van der Waals surface area contributed by atoms with Gasteiger partial charge in [-0.3, -0.25) is 4.79 Å². The van der Waals surface area contributed by atoms with E-state index in [-0.39, 0.29) is 18.3 Å². The van der Waals surface area contributed by atoms with Gasteiger partial charge in [-0.1, -0.05) is 27.2 Å². The maximum Gasteiger partial charge on any atom is 0.329 e. The van der Waals surface area contributed by atoms with Crippen LogP contribution in [0.3, 0.4) is 0 Å². The molecule has 136 valence electrons. The Morgan fingerprint density at radius 1 is 1.40 bits per heavy atom. The second-order valence-electron chi connectivity index (χ2n) is 5.95. The second kappa shape index (κ2) is 8.95. The first-order chi connectivity index (χ1) is 12.0. The third-order valence-corrected chi connectivity index (χ3v) is 3.63. The molecule has 25 heavy (non-hydrogen) atoms. The highest BCUT2D eigenvalue weighted by Crippen LogP contribution is 2.09. The van der Waals surface area contributed by atoms with Gasteiger partial charge in [0.2, 0.25) is 0 Å². The fourth-order valence-corrected chi connectivity index (χ4v) is 2.15. The van der Waals surface area contributed by atoms with Crippen molar-refractivity contribution in [3.05, 3.63) is 30.0 Å². The summed E-state index contributed by atoms with van der Waals surface area (Å²) in [6, 6.07) is 2.34. The lowest BCUT2D eigenvalue weighted by Gasteiger charge is -2.20. The van der Waals surface area contributed by atoms with Gasteiger partial charge in [0, 0.05) is 6.54 Å². The van der Waals surface area contributed by atoms with Gasteiger partial charge in [-0.05, 0) is 34.9 Å². The fourth-order valence-electron chi connectivity index (χ4n) is 2.15. The van der Waals surface area contributed by atoms with Crippen molar-refractivity contribution in [1.29, 1.82) is 0 Å². The lowest BCUT2D eigenvalue weighted by Crippen LogP contribution is -2.45. The van der Waals surface area contributed by atoms with Crippen LogP contribution in [0.15, 0.2) is 22.8 Å². The number of hydrogen-bond acceptors (Lipinski definition) is 7. The molecule has 0 radical (unpaired) electrons. The van der Waals surface area contributed by atoms with Crippen LogP contribution in [0.1, 0.15) is 50.0 Å². The molecule has 9 nitrogen and oxygen atoms in total. The van der Waals surface area contributed by atoms with E-state index >= 15 is 0 Å². The highest BCUT2D eigenvalue weighted by atomic mass is 16.5. The summed E-state index contributed by atoms with van der Waals surface area (Å²) >= 11 is 0. The minimum Gasteiger partial charge on any atom is -0.459 e. The molecule has 2 heterocycles. The largest absolute Gasteiger partial charge is 0.459 e. The van der Waals surface area contributed by atoms with E-state index in [9.17, 15) is 9.59 Å². The summed E-state index contributed by atoms with van der Waals surface area (Å²) in [6.07, 6.45) is 3.33. The summed E-state index contributed by atoms with van der Waals surface area (Å²) in [5, 5.41) is 14.0. The number of hydrogen-bond donors (Lipinski definition) is 1. The van der Waals surface area contributed by atoms with Gasteiger partial charge in [0.1, 0.15) is 6.04 Å². The van der Waals surface area contributed by atoms with Gasteiger partial charge in [-0.2, -0.15) is 0 Å².